The maximum Gasteiger partial charge on any atom is 0.341 e. The molecule has 0 radical (unpaired) electrons. The van der Waals surface area contributed by atoms with Gasteiger partial charge in [0, 0.05) is 24.2 Å². The Balaban J connectivity index is 2.57. The highest BCUT2D eigenvalue weighted by Gasteiger charge is 2.16. The van der Waals surface area contributed by atoms with Crippen LogP contribution in [0.15, 0.2) is 35.1 Å². The Kier molecular flexibility index (Phi) is 4.54. The van der Waals surface area contributed by atoms with Crippen molar-refractivity contribution in [2.75, 3.05) is 0 Å². The van der Waals surface area contributed by atoms with Crippen LogP contribution in [0.3, 0.4) is 0 Å². The molecule has 1 aromatic heterocycles. The topological polar surface area (TPSA) is 115 Å². The third-order valence-electron chi connectivity index (χ3n) is 3.12. The first-order valence-corrected chi connectivity index (χ1v) is 6.90. The van der Waals surface area contributed by atoms with Crippen LogP contribution < -0.4 is 5.56 Å². The first-order chi connectivity index (χ1) is 10.8. The molecule has 0 saturated heterocycles. The van der Waals surface area contributed by atoms with Gasteiger partial charge in [0.2, 0.25) is 0 Å². The van der Waals surface area contributed by atoms with Crippen LogP contribution in [0.5, 0.6) is 0 Å². The number of carboxylic acids is 1. The van der Waals surface area contributed by atoms with Gasteiger partial charge in [0.15, 0.2) is 0 Å². The van der Waals surface area contributed by atoms with Crippen molar-refractivity contribution in [3.8, 4) is 11.3 Å². The number of aromatic nitrogens is 2. The van der Waals surface area contributed by atoms with Crippen LogP contribution in [0.2, 0.25) is 0 Å². The number of benzene rings is 1. The second-order valence-corrected chi connectivity index (χ2v) is 5.43. The summed E-state index contributed by atoms with van der Waals surface area (Å²) in [5.74, 6) is -1.23. The summed E-state index contributed by atoms with van der Waals surface area (Å²) in [6.45, 7) is 4.04. The van der Waals surface area contributed by atoms with Gasteiger partial charge in [0.25, 0.3) is 11.2 Å². The first-order valence-electron chi connectivity index (χ1n) is 6.90. The molecule has 8 nitrogen and oxygen atoms in total. The number of hydrogen-bond acceptors (Lipinski definition) is 5. The Labute approximate surface area is 131 Å². The summed E-state index contributed by atoms with van der Waals surface area (Å²) in [6.07, 6.45) is 0. The normalized spacial score (nSPS) is 10.7. The lowest BCUT2D eigenvalue weighted by Crippen LogP contribution is -2.30. The van der Waals surface area contributed by atoms with Crippen molar-refractivity contribution in [2.45, 2.75) is 20.4 Å². The van der Waals surface area contributed by atoms with E-state index in [4.69, 9.17) is 0 Å². The SMILES string of the molecule is CC(C)Cn1nc(-c2ccc([N+](=O)[O-])cc2)cc(C(=O)O)c1=O. The van der Waals surface area contributed by atoms with E-state index in [0.717, 1.165) is 4.68 Å². The molecule has 1 aromatic carbocycles. The number of nitrogens with zero attached hydrogens (tertiary/aromatic N) is 3. The average molecular weight is 317 g/mol. The van der Waals surface area contributed by atoms with Crippen LogP contribution in [0.4, 0.5) is 5.69 Å². The molecule has 0 amide bonds. The van der Waals surface area contributed by atoms with Gasteiger partial charge in [-0.2, -0.15) is 5.10 Å². The van der Waals surface area contributed by atoms with Crippen molar-refractivity contribution in [1.29, 1.82) is 0 Å². The van der Waals surface area contributed by atoms with E-state index < -0.39 is 16.5 Å². The number of nitro groups is 1. The van der Waals surface area contributed by atoms with E-state index in [-0.39, 0.29) is 29.4 Å². The highest BCUT2D eigenvalue weighted by atomic mass is 16.6. The molecule has 0 aliphatic heterocycles. The van der Waals surface area contributed by atoms with Crippen LogP contribution in [-0.2, 0) is 6.54 Å². The zero-order chi connectivity index (χ0) is 17.1. The minimum atomic E-state index is -1.34. The van der Waals surface area contributed by atoms with Crippen molar-refractivity contribution < 1.29 is 14.8 Å². The van der Waals surface area contributed by atoms with Crippen LogP contribution in [0, 0.1) is 16.0 Å². The van der Waals surface area contributed by atoms with Crippen molar-refractivity contribution in [3.63, 3.8) is 0 Å². The molecule has 120 valence electrons. The zero-order valence-corrected chi connectivity index (χ0v) is 12.6. The van der Waals surface area contributed by atoms with Crippen molar-refractivity contribution in [2.24, 2.45) is 5.92 Å². The number of carbonyl (C=O) groups is 1. The number of nitro benzene ring substituents is 1. The monoisotopic (exact) mass is 317 g/mol. The molecular weight excluding hydrogens is 302 g/mol. The van der Waals surface area contributed by atoms with E-state index >= 15 is 0 Å². The fraction of sp³-hybridized carbons (Fsp3) is 0.267. The molecule has 8 heteroatoms. The lowest BCUT2D eigenvalue weighted by atomic mass is 10.1. The Bertz CT molecular complexity index is 809. The molecule has 0 unspecified atom stereocenters. The van der Waals surface area contributed by atoms with E-state index in [9.17, 15) is 24.8 Å². The second kappa shape index (κ2) is 6.39. The fourth-order valence-corrected chi connectivity index (χ4v) is 2.06. The quantitative estimate of drug-likeness (QED) is 0.667. The molecule has 23 heavy (non-hydrogen) atoms. The number of carboxylic acid groups (broad SMARTS) is 1. The van der Waals surface area contributed by atoms with E-state index in [2.05, 4.69) is 5.10 Å². The smallest absolute Gasteiger partial charge is 0.341 e. The molecule has 0 spiro atoms. The summed E-state index contributed by atoms with van der Waals surface area (Å²) in [6, 6.07) is 6.72. The minimum Gasteiger partial charge on any atom is -0.477 e. The van der Waals surface area contributed by atoms with E-state index in [1.165, 1.54) is 30.3 Å². The number of non-ortho nitro benzene ring substituents is 1. The van der Waals surface area contributed by atoms with Gasteiger partial charge in [-0.1, -0.05) is 13.8 Å². The van der Waals surface area contributed by atoms with Gasteiger partial charge in [-0.3, -0.25) is 14.9 Å². The molecule has 0 aliphatic carbocycles. The summed E-state index contributed by atoms with van der Waals surface area (Å²) < 4.78 is 1.12. The maximum atomic E-state index is 12.1. The van der Waals surface area contributed by atoms with Gasteiger partial charge < -0.3 is 5.11 Å². The standard InChI is InChI=1S/C15H15N3O5/c1-9(2)8-17-14(19)12(15(20)21)7-13(16-17)10-3-5-11(6-4-10)18(22)23/h3-7,9H,8H2,1-2H3,(H,20,21). The van der Waals surface area contributed by atoms with Crippen LogP contribution in [-0.4, -0.2) is 25.8 Å². The maximum absolute atomic E-state index is 12.1. The predicted octanol–water partition coefficient (Wildman–Crippen LogP) is 2.17. The van der Waals surface area contributed by atoms with Crippen LogP contribution >= 0.6 is 0 Å². The minimum absolute atomic E-state index is 0.0808. The second-order valence-electron chi connectivity index (χ2n) is 5.43. The Morgan fingerprint density at radius 2 is 1.96 bits per heavy atom. The lowest BCUT2D eigenvalue weighted by molar-refractivity contribution is -0.384. The van der Waals surface area contributed by atoms with Crippen LogP contribution in [0.25, 0.3) is 11.3 Å². The molecule has 2 aromatic rings. The number of rotatable bonds is 5. The Morgan fingerprint density at radius 3 is 2.43 bits per heavy atom. The van der Waals surface area contributed by atoms with E-state index in [0.29, 0.717) is 5.56 Å². The lowest BCUT2D eigenvalue weighted by Gasteiger charge is -2.11. The zero-order valence-electron chi connectivity index (χ0n) is 12.6. The van der Waals surface area contributed by atoms with Crippen molar-refractivity contribution >= 4 is 11.7 Å². The highest BCUT2D eigenvalue weighted by Crippen LogP contribution is 2.20. The van der Waals surface area contributed by atoms with Crippen LogP contribution in [0.1, 0.15) is 24.2 Å². The Hall–Kier alpha value is -3.03. The fourth-order valence-electron chi connectivity index (χ4n) is 2.06. The molecule has 2 rings (SSSR count). The number of hydrogen-bond donors (Lipinski definition) is 1. The van der Waals surface area contributed by atoms with Gasteiger partial charge in [-0.05, 0) is 24.1 Å². The molecule has 0 saturated carbocycles. The van der Waals surface area contributed by atoms with E-state index in [1.807, 2.05) is 13.8 Å². The summed E-state index contributed by atoms with van der Waals surface area (Å²) in [5, 5.41) is 24.0. The molecular formula is C15H15N3O5. The summed E-state index contributed by atoms with van der Waals surface area (Å²) in [5.41, 5.74) is -0.360. The van der Waals surface area contributed by atoms with Gasteiger partial charge in [0.1, 0.15) is 5.56 Å². The predicted molar refractivity (Wildman–Crippen MR) is 82.4 cm³/mol. The van der Waals surface area contributed by atoms with Crippen molar-refractivity contribution in [1.82, 2.24) is 9.78 Å². The highest BCUT2D eigenvalue weighted by molar-refractivity contribution is 5.88. The average Bonchev–Trinajstić information content (AvgIpc) is 2.48. The summed E-state index contributed by atoms with van der Waals surface area (Å²) in [4.78, 5) is 33.5. The molecule has 1 N–H and O–H groups in total. The van der Waals surface area contributed by atoms with Gasteiger partial charge in [-0.25, -0.2) is 9.48 Å². The van der Waals surface area contributed by atoms with Gasteiger partial charge >= 0.3 is 5.97 Å². The third kappa shape index (κ3) is 3.60. The summed E-state index contributed by atoms with van der Waals surface area (Å²) >= 11 is 0. The molecule has 0 fully saturated rings. The largest absolute Gasteiger partial charge is 0.477 e. The molecule has 0 bridgehead atoms. The summed E-state index contributed by atoms with van der Waals surface area (Å²) in [7, 11) is 0. The number of aromatic carboxylic acids is 1. The van der Waals surface area contributed by atoms with Gasteiger partial charge in [0.05, 0.1) is 10.6 Å². The van der Waals surface area contributed by atoms with Crippen molar-refractivity contribution in [3.05, 3.63) is 56.4 Å². The molecule has 0 aliphatic rings. The van der Waals surface area contributed by atoms with E-state index in [1.54, 1.807) is 0 Å². The first kappa shape index (κ1) is 16.3. The molecule has 0 atom stereocenters. The molecule has 1 heterocycles. The third-order valence-corrected chi connectivity index (χ3v) is 3.12. The van der Waals surface area contributed by atoms with Gasteiger partial charge in [-0.15, -0.1) is 0 Å². The Morgan fingerprint density at radius 1 is 1.35 bits per heavy atom.